The van der Waals surface area contributed by atoms with Crippen molar-refractivity contribution < 1.29 is 8.78 Å². The molecule has 0 saturated carbocycles. The highest BCUT2D eigenvalue weighted by Crippen LogP contribution is 2.25. The summed E-state index contributed by atoms with van der Waals surface area (Å²) in [6.07, 6.45) is 0. The van der Waals surface area contributed by atoms with E-state index in [4.69, 9.17) is 0 Å². The number of hydrogen-bond donors (Lipinski definition) is 1. The summed E-state index contributed by atoms with van der Waals surface area (Å²) in [5.74, 6) is -0.618. The molecule has 0 fully saturated rings. The number of nitrogens with one attached hydrogen (secondary N) is 1. The first-order valence-corrected chi connectivity index (χ1v) is 6.78. The summed E-state index contributed by atoms with van der Waals surface area (Å²) in [5.41, 5.74) is 1.40. The van der Waals surface area contributed by atoms with Crippen LogP contribution in [0.4, 0.5) is 14.5 Å². The molecule has 2 aromatic carbocycles. The van der Waals surface area contributed by atoms with Gasteiger partial charge in [-0.1, -0.05) is 15.9 Å². The molecular formula is C13H9Br2F2N. The topological polar surface area (TPSA) is 12.0 Å². The summed E-state index contributed by atoms with van der Waals surface area (Å²) in [7, 11) is 0. The van der Waals surface area contributed by atoms with Crippen LogP contribution in [0.1, 0.15) is 5.56 Å². The fourth-order valence-corrected chi connectivity index (χ4v) is 2.28. The Hall–Kier alpha value is -0.940. The van der Waals surface area contributed by atoms with Crippen molar-refractivity contribution in [3.8, 4) is 0 Å². The van der Waals surface area contributed by atoms with Crippen molar-refractivity contribution in [2.75, 3.05) is 5.32 Å². The standard InChI is InChI=1S/C13H9Br2F2N/c14-11-3-1-9(16)5-8(11)7-18-13-6-10(17)2-4-12(13)15/h1-6,18H,7H2. The van der Waals surface area contributed by atoms with Gasteiger partial charge in [0.25, 0.3) is 0 Å². The molecule has 0 heterocycles. The van der Waals surface area contributed by atoms with Gasteiger partial charge in [-0.25, -0.2) is 8.78 Å². The Morgan fingerprint density at radius 1 is 0.889 bits per heavy atom. The van der Waals surface area contributed by atoms with Gasteiger partial charge >= 0.3 is 0 Å². The second kappa shape index (κ2) is 5.80. The molecule has 94 valence electrons. The first-order valence-electron chi connectivity index (χ1n) is 5.19. The van der Waals surface area contributed by atoms with Crippen LogP contribution >= 0.6 is 31.9 Å². The second-order valence-electron chi connectivity index (χ2n) is 3.71. The van der Waals surface area contributed by atoms with E-state index in [0.717, 1.165) is 14.5 Å². The Balaban J connectivity index is 2.16. The molecule has 0 aliphatic carbocycles. The molecule has 18 heavy (non-hydrogen) atoms. The SMILES string of the molecule is Fc1ccc(Br)c(CNc2cc(F)ccc2Br)c1. The molecule has 0 unspecified atom stereocenters. The highest BCUT2D eigenvalue weighted by Gasteiger charge is 2.04. The van der Waals surface area contributed by atoms with Crippen LogP contribution in [0.5, 0.6) is 0 Å². The van der Waals surface area contributed by atoms with Crippen molar-refractivity contribution >= 4 is 37.5 Å². The average Bonchev–Trinajstić information content (AvgIpc) is 2.34. The zero-order valence-corrected chi connectivity index (χ0v) is 12.4. The maximum absolute atomic E-state index is 13.1. The van der Waals surface area contributed by atoms with E-state index in [1.54, 1.807) is 12.1 Å². The predicted octanol–water partition coefficient (Wildman–Crippen LogP) is 5.10. The maximum atomic E-state index is 13.1. The number of halogens is 4. The van der Waals surface area contributed by atoms with E-state index in [0.29, 0.717) is 12.2 Å². The van der Waals surface area contributed by atoms with E-state index < -0.39 is 0 Å². The van der Waals surface area contributed by atoms with Gasteiger partial charge in [0, 0.05) is 15.5 Å². The third kappa shape index (κ3) is 3.29. The van der Waals surface area contributed by atoms with Crippen LogP contribution < -0.4 is 5.32 Å². The van der Waals surface area contributed by atoms with E-state index in [9.17, 15) is 8.78 Å². The molecule has 1 nitrogen and oxygen atoms in total. The van der Waals surface area contributed by atoms with Crippen LogP contribution in [-0.2, 0) is 6.54 Å². The molecule has 2 aromatic rings. The highest BCUT2D eigenvalue weighted by atomic mass is 79.9. The van der Waals surface area contributed by atoms with Gasteiger partial charge in [0.15, 0.2) is 0 Å². The summed E-state index contributed by atoms with van der Waals surface area (Å²) < 4.78 is 27.8. The van der Waals surface area contributed by atoms with Gasteiger partial charge in [-0.15, -0.1) is 0 Å². The van der Waals surface area contributed by atoms with Gasteiger partial charge < -0.3 is 5.32 Å². The first-order chi connectivity index (χ1) is 8.56. The molecule has 5 heteroatoms. The van der Waals surface area contributed by atoms with Gasteiger partial charge in [0.1, 0.15) is 11.6 Å². The molecule has 0 aliphatic heterocycles. The second-order valence-corrected chi connectivity index (χ2v) is 5.42. The molecule has 0 spiro atoms. The van der Waals surface area contributed by atoms with Crippen LogP contribution in [0.3, 0.4) is 0 Å². The van der Waals surface area contributed by atoms with E-state index in [1.165, 1.54) is 24.3 Å². The third-order valence-corrected chi connectivity index (χ3v) is 3.87. The van der Waals surface area contributed by atoms with Gasteiger partial charge in [0.2, 0.25) is 0 Å². The van der Waals surface area contributed by atoms with Crippen molar-refractivity contribution in [2.45, 2.75) is 6.54 Å². The van der Waals surface area contributed by atoms with Crippen LogP contribution in [-0.4, -0.2) is 0 Å². The fourth-order valence-electron chi connectivity index (χ4n) is 1.50. The Morgan fingerprint density at radius 3 is 2.22 bits per heavy atom. The van der Waals surface area contributed by atoms with Gasteiger partial charge in [-0.2, -0.15) is 0 Å². The molecule has 0 amide bonds. The van der Waals surface area contributed by atoms with Crippen molar-refractivity contribution in [1.29, 1.82) is 0 Å². The lowest BCUT2D eigenvalue weighted by molar-refractivity contribution is 0.624. The Bertz CT molecular complexity index is 521. The minimum Gasteiger partial charge on any atom is -0.380 e. The summed E-state index contributed by atoms with van der Waals surface area (Å²) in [4.78, 5) is 0. The van der Waals surface area contributed by atoms with Crippen LogP contribution in [0.2, 0.25) is 0 Å². The van der Waals surface area contributed by atoms with Crippen molar-refractivity contribution in [3.05, 3.63) is 62.5 Å². The van der Waals surface area contributed by atoms with Crippen molar-refractivity contribution in [1.82, 2.24) is 0 Å². The van der Waals surface area contributed by atoms with E-state index in [-0.39, 0.29) is 11.6 Å². The Morgan fingerprint density at radius 2 is 1.50 bits per heavy atom. The Kier molecular flexibility index (Phi) is 4.35. The van der Waals surface area contributed by atoms with Crippen LogP contribution in [0.25, 0.3) is 0 Å². The van der Waals surface area contributed by atoms with E-state index in [2.05, 4.69) is 37.2 Å². The molecule has 0 saturated heterocycles. The summed E-state index contributed by atoms with van der Waals surface area (Å²) in [6, 6.07) is 8.84. The van der Waals surface area contributed by atoms with Crippen LogP contribution in [0.15, 0.2) is 45.3 Å². The zero-order valence-electron chi connectivity index (χ0n) is 9.18. The maximum Gasteiger partial charge on any atom is 0.125 e. The Labute approximate surface area is 120 Å². The predicted molar refractivity (Wildman–Crippen MR) is 75.5 cm³/mol. The normalized spacial score (nSPS) is 10.4. The van der Waals surface area contributed by atoms with Gasteiger partial charge in [-0.3, -0.25) is 0 Å². The minimum absolute atomic E-state index is 0.298. The third-order valence-electron chi connectivity index (χ3n) is 2.41. The molecule has 0 radical (unpaired) electrons. The first kappa shape index (κ1) is 13.5. The van der Waals surface area contributed by atoms with Gasteiger partial charge in [0.05, 0.1) is 5.69 Å². The molecular weight excluding hydrogens is 368 g/mol. The van der Waals surface area contributed by atoms with Crippen molar-refractivity contribution in [2.24, 2.45) is 0 Å². The van der Waals surface area contributed by atoms with E-state index in [1.807, 2.05) is 0 Å². The number of anilines is 1. The van der Waals surface area contributed by atoms with Crippen molar-refractivity contribution in [3.63, 3.8) is 0 Å². The minimum atomic E-state index is -0.320. The molecule has 0 aromatic heterocycles. The number of benzene rings is 2. The monoisotopic (exact) mass is 375 g/mol. The quantitative estimate of drug-likeness (QED) is 0.785. The zero-order chi connectivity index (χ0) is 13.1. The summed E-state index contributed by atoms with van der Waals surface area (Å²) >= 11 is 6.67. The molecule has 0 aliphatic rings. The number of hydrogen-bond acceptors (Lipinski definition) is 1. The lowest BCUT2D eigenvalue weighted by Gasteiger charge is -2.10. The summed E-state index contributed by atoms with van der Waals surface area (Å²) in [6.45, 7) is 0.403. The molecule has 2 rings (SSSR count). The molecule has 1 N–H and O–H groups in total. The fraction of sp³-hybridized carbons (Fsp3) is 0.0769. The average molecular weight is 377 g/mol. The lowest BCUT2D eigenvalue weighted by Crippen LogP contribution is -2.01. The molecule has 0 bridgehead atoms. The van der Waals surface area contributed by atoms with E-state index >= 15 is 0 Å². The lowest BCUT2D eigenvalue weighted by atomic mass is 10.2. The summed E-state index contributed by atoms with van der Waals surface area (Å²) in [5, 5.41) is 3.05. The largest absolute Gasteiger partial charge is 0.380 e. The highest BCUT2D eigenvalue weighted by molar-refractivity contribution is 9.10. The van der Waals surface area contributed by atoms with Gasteiger partial charge in [-0.05, 0) is 57.9 Å². The smallest absolute Gasteiger partial charge is 0.125 e. The van der Waals surface area contributed by atoms with Crippen LogP contribution in [0, 0.1) is 11.6 Å². The molecule has 0 atom stereocenters. The number of rotatable bonds is 3.